The second-order valence-corrected chi connectivity index (χ2v) is 25.9. The van der Waals surface area contributed by atoms with E-state index >= 15 is 0 Å². The van der Waals surface area contributed by atoms with E-state index in [9.17, 15) is 0 Å². The molecule has 0 aliphatic carbocycles. The Balaban J connectivity index is 1.01. The average molecular weight is 1240 g/mol. The fraction of sp³-hybridized carbons (Fsp3) is 0.114. The Morgan fingerprint density at radius 2 is 0.562 bits per heavy atom. The molecule has 4 aliphatic heterocycles. The van der Waals surface area contributed by atoms with Crippen LogP contribution >= 0.6 is 0 Å². The molecule has 0 saturated carbocycles. The van der Waals surface area contributed by atoms with Gasteiger partial charge in [0.15, 0.2) is 0 Å². The molecule has 0 aromatic heterocycles. The summed E-state index contributed by atoms with van der Waals surface area (Å²) in [5.41, 5.74) is 36.0. The molecule has 6 nitrogen and oxygen atoms in total. The van der Waals surface area contributed by atoms with E-state index in [1.165, 1.54) is 100 Å². The molecule has 0 amide bonds. The minimum atomic E-state index is -0.163. The third-order valence-electron chi connectivity index (χ3n) is 20.7. The van der Waals surface area contributed by atoms with Crippen LogP contribution in [0.2, 0.25) is 0 Å². The molecule has 0 atom stereocenters. The summed E-state index contributed by atoms with van der Waals surface area (Å²) in [6.07, 6.45) is 3.53. The van der Waals surface area contributed by atoms with Crippen molar-refractivity contribution in [3.63, 3.8) is 0 Å². The molecular weight excluding hydrogens is 1160 g/mol. The lowest BCUT2D eigenvalue weighted by Crippen LogP contribution is -2.65. The zero-order valence-corrected chi connectivity index (χ0v) is 55.4. The smallest absolute Gasteiger partial charge is 0.252 e. The van der Waals surface area contributed by atoms with Gasteiger partial charge in [-0.1, -0.05) is 216 Å². The molecule has 0 saturated heterocycles. The van der Waals surface area contributed by atoms with Crippen LogP contribution in [0.1, 0.15) is 61.1 Å². The Labute approximate surface area is 566 Å². The van der Waals surface area contributed by atoms with Crippen LogP contribution < -0.4 is 62.2 Å². The fourth-order valence-electron chi connectivity index (χ4n) is 16.5. The van der Waals surface area contributed by atoms with E-state index < -0.39 is 0 Å². The summed E-state index contributed by atoms with van der Waals surface area (Å²) in [6, 6.07) is 110. The van der Waals surface area contributed by atoms with Crippen molar-refractivity contribution in [3.05, 3.63) is 325 Å². The lowest BCUT2D eigenvalue weighted by Gasteiger charge is -2.48. The highest BCUT2D eigenvalue weighted by atomic mass is 15.2. The molecule has 0 radical (unpaired) electrons. The first kappa shape index (κ1) is 58.6. The van der Waals surface area contributed by atoms with Gasteiger partial charge in [0.1, 0.15) is 0 Å². The zero-order chi connectivity index (χ0) is 64.7. The summed E-state index contributed by atoms with van der Waals surface area (Å²) in [5, 5.41) is 0. The number of anilines is 18. The van der Waals surface area contributed by atoms with Crippen LogP contribution in [-0.4, -0.2) is 13.4 Å². The van der Waals surface area contributed by atoms with Crippen molar-refractivity contribution >= 4 is 149 Å². The number of hydrogen-bond donors (Lipinski definition) is 0. The zero-order valence-electron chi connectivity index (χ0n) is 55.4. The Kier molecular flexibility index (Phi) is 14.6. The van der Waals surface area contributed by atoms with Crippen molar-refractivity contribution in [3.8, 4) is 0 Å². The van der Waals surface area contributed by atoms with Crippen molar-refractivity contribution in [2.24, 2.45) is 0 Å². The number of fused-ring (bicyclic) bond motifs is 8. The summed E-state index contributed by atoms with van der Waals surface area (Å²) in [5.74, 6) is 0. The molecule has 96 heavy (non-hydrogen) atoms. The van der Waals surface area contributed by atoms with Gasteiger partial charge in [0.2, 0.25) is 0 Å². The van der Waals surface area contributed by atoms with E-state index in [2.05, 4.69) is 362 Å². The van der Waals surface area contributed by atoms with Gasteiger partial charge in [-0.05, 0) is 209 Å². The van der Waals surface area contributed by atoms with Crippen LogP contribution in [0.5, 0.6) is 0 Å². The molecule has 13 aromatic rings. The van der Waals surface area contributed by atoms with Crippen LogP contribution in [0.3, 0.4) is 0 Å². The Morgan fingerprint density at radius 1 is 0.260 bits per heavy atom. The molecule has 0 bridgehead atoms. The average Bonchev–Trinajstić information content (AvgIpc) is 0.686. The highest BCUT2D eigenvalue weighted by Crippen LogP contribution is 2.54. The monoisotopic (exact) mass is 1240 g/mol. The first-order valence-electron chi connectivity index (χ1n) is 34.4. The molecular formula is C88H74B2N6. The fourth-order valence-corrected chi connectivity index (χ4v) is 16.5. The van der Waals surface area contributed by atoms with Crippen molar-refractivity contribution < 1.29 is 0 Å². The van der Waals surface area contributed by atoms with E-state index in [1.54, 1.807) is 0 Å². The minimum absolute atomic E-state index is 0.163. The maximum Gasteiger partial charge on any atom is 0.252 e. The molecule has 0 N–H and O–H groups in total. The van der Waals surface area contributed by atoms with E-state index in [4.69, 9.17) is 0 Å². The van der Waals surface area contributed by atoms with Crippen LogP contribution in [0.15, 0.2) is 291 Å². The number of hydrogen-bond acceptors (Lipinski definition) is 6. The summed E-state index contributed by atoms with van der Waals surface area (Å²) < 4.78 is 0. The third-order valence-corrected chi connectivity index (χ3v) is 20.7. The maximum atomic E-state index is 2.66. The van der Waals surface area contributed by atoms with Gasteiger partial charge in [0, 0.05) is 79.6 Å². The minimum Gasteiger partial charge on any atom is -0.311 e. The number of para-hydroxylation sites is 10. The predicted molar refractivity (Wildman–Crippen MR) is 411 cm³/mol. The lowest BCUT2D eigenvalue weighted by molar-refractivity contribution is 1.08. The van der Waals surface area contributed by atoms with Gasteiger partial charge in [0.05, 0.1) is 22.7 Å². The Hall–Kier alpha value is -11.2. The summed E-state index contributed by atoms with van der Waals surface area (Å²) >= 11 is 0. The highest BCUT2D eigenvalue weighted by Gasteiger charge is 2.49. The quantitative estimate of drug-likeness (QED) is 0.100. The molecule has 4 aliphatic rings. The van der Waals surface area contributed by atoms with E-state index in [0.717, 1.165) is 93.9 Å². The molecule has 8 heteroatoms. The van der Waals surface area contributed by atoms with Crippen LogP contribution in [-0.2, 0) is 25.7 Å². The second-order valence-electron chi connectivity index (χ2n) is 25.9. The molecule has 13 aromatic carbocycles. The van der Waals surface area contributed by atoms with Crippen molar-refractivity contribution in [1.29, 1.82) is 0 Å². The van der Waals surface area contributed by atoms with Crippen LogP contribution in [0, 0.1) is 13.8 Å². The summed E-state index contributed by atoms with van der Waals surface area (Å²) in [6.45, 7) is 13.4. The Bertz CT molecular complexity index is 4830. The van der Waals surface area contributed by atoms with E-state index in [1.807, 2.05) is 0 Å². The van der Waals surface area contributed by atoms with Gasteiger partial charge < -0.3 is 29.4 Å². The third kappa shape index (κ3) is 9.24. The SMILES string of the molecule is CCc1ccccc1N(c1cc2c3c(c1)N(c1ccccc1)c1cc4c(cc1B3c1ccccc1N2c1ccccc1)B1c2ccccc2N(c2ccccc2)c2cc(N(c3ccccc3CC)c3c(C)cccc3CC)cc(c21)N4c1ccccc1)c1c(C)cccc1CC. The standard InChI is InChI=1S/C88H74B2N6/c1-7-61-35-23-27-49-75(61)95(87-59(5)33-31-37-63(87)9-3)69-53-81-85-83(55-69)93(67-43-19-13-20-44-67)79-58-80-74(57-73(79)89(85)71-47-25-29-51-77(71)91(81)65-39-15-11-16-40-65)90-72-48-26-30-52-78(72)92(66-41-17-12-18-42-66)82-54-70(56-84(86(82)90)94(80)68-45-21-14-22-46-68)96(76-50-28-24-36-62(76)8-2)88-60(6)34-32-38-64(88)10-4/h11-58H,7-10H2,1-6H3. The number of rotatable bonds is 14. The summed E-state index contributed by atoms with van der Waals surface area (Å²) in [4.78, 5) is 15.5. The molecule has 17 rings (SSSR count). The van der Waals surface area contributed by atoms with E-state index in [0.29, 0.717) is 0 Å². The number of aryl methyl sites for hydroxylation is 6. The predicted octanol–water partition coefficient (Wildman–Crippen LogP) is 19.7. The number of nitrogens with zero attached hydrogens (tertiary/aromatic N) is 6. The lowest BCUT2D eigenvalue weighted by atomic mass is 9.30. The molecule has 0 fully saturated rings. The van der Waals surface area contributed by atoms with Gasteiger partial charge in [-0.15, -0.1) is 0 Å². The first-order valence-corrected chi connectivity index (χ1v) is 34.4. The summed E-state index contributed by atoms with van der Waals surface area (Å²) in [7, 11) is 0. The largest absolute Gasteiger partial charge is 0.311 e. The van der Waals surface area contributed by atoms with E-state index in [-0.39, 0.29) is 13.4 Å². The van der Waals surface area contributed by atoms with Crippen molar-refractivity contribution in [2.75, 3.05) is 29.4 Å². The molecule has 462 valence electrons. The second kappa shape index (κ2) is 24.0. The van der Waals surface area contributed by atoms with Gasteiger partial charge in [-0.3, -0.25) is 0 Å². The van der Waals surface area contributed by atoms with Gasteiger partial charge in [0.25, 0.3) is 13.4 Å². The normalized spacial score (nSPS) is 12.9. The topological polar surface area (TPSA) is 19.4 Å². The van der Waals surface area contributed by atoms with Gasteiger partial charge in [-0.2, -0.15) is 0 Å². The van der Waals surface area contributed by atoms with Gasteiger partial charge in [-0.25, -0.2) is 0 Å². The molecule has 0 unspecified atom stereocenters. The Morgan fingerprint density at radius 3 is 0.917 bits per heavy atom. The number of benzene rings is 13. The molecule has 4 heterocycles. The van der Waals surface area contributed by atoms with Crippen LogP contribution in [0.4, 0.5) is 102 Å². The highest BCUT2D eigenvalue weighted by molar-refractivity contribution is 7.03. The van der Waals surface area contributed by atoms with Crippen molar-refractivity contribution in [1.82, 2.24) is 0 Å². The van der Waals surface area contributed by atoms with Gasteiger partial charge >= 0.3 is 0 Å². The maximum absolute atomic E-state index is 2.66. The van der Waals surface area contributed by atoms with Crippen molar-refractivity contribution in [2.45, 2.75) is 67.2 Å². The molecule has 0 spiro atoms. The first-order chi connectivity index (χ1) is 47.3. The van der Waals surface area contributed by atoms with Crippen LogP contribution in [0.25, 0.3) is 0 Å².